The van der Waals surface area contributed by atoms with Crippen molar-refractivity contribution < 1.29 is 14.7 Å². The molecule has 0 fully saturated rings. The first-order valence-corrected chi connectivity index (χ1v) is 7.95. The molecule has 1 N–H and O–H groups in total. The zero-order chi connectivity index (χ0) is 18.1. The summed E-state index contributed by atoms with van der Waals surface area (Å²) in [6, 6.07) is 16.6. The van der Waals surface area contributed by atoms with Gasteiger partial charge in [0.05, 0.1) is 0 Å². The second-order valence-corrected chi connectivity index (χ2v) is 5.63. The molecule has 2 aromatic carbocycles. The van der Waals surface area contributed by atoms with Gasteiger partial charge in [0.1, 0.15) is 0 Å². The number of ketones is 1. The number of benzene rings is 2. The van der Waals surface area contributed by atoms with E-state index in [1.54, 1.807) is 4.90 Å². The quantitative estimate of drug-likeness (QED) is 0.847. The Morgan fingerprint density at radius 2 is 1.46 bits per heavy atom. The second kappa shape index (κ2) is 9.50. The van der Waals surface area contributed by atoms with Crippen molar-refractivity contribution in [2.75, 3.05) is 11.4 Å². The van der Waals surface area contributed by atoms with E-state index < -0.39 is 12.0 Å². The van der Waals surface area contributed by atoms with Gasteiger partial charge in [-0.2, -0.15) is 0 Å². The Balaban J connectivity index is 0.000000341. The molecule has 0 saturated carbocycles. The second-order valence-electron chi connectivity index (χ2n) is 5.63. The number of hydrogen-bond acceptors (Lipinski definition) is 3. The molecule has 0 aliphatic carbocycles. The van der Waals surface area contributed by atoms with Gasteiger partial charge in [0.2, 0.25) is 0 Å². The Bertz CT molecular complexity index is 636. The fourth-order valence-corrected chi connectivity index (χ4v) is 2.31. The van der Waals surface area contributed by atoms with E-state index in [-0.39, 0.29) is 5.78 Å². The molecule has 2 aromatic rings. The van der Waals surface area contributed by atoms with E-state index in [0.29, 0.717) is 6.54 Å². The standard InChI is InChI=1S/C13H17NO3.C7H8/c1-4-14(12(10(3)15)13(16)17)11-7-5-9(2)6-8-11;1-7-5-3-2-4-6-7/h5-8,12H,4H2,1-3H3,(H,16,17);2-6H,1H3. The monoisotopic (exact) mass is 327 g/mol. The summed E-state index contributed by atoms with van der Waals surface area (Å²) in [6.07, 6.45) is 0. The fraction of sp³-hybridized carbons (Fsp3) is 0.300. The van der Waals surface area contributed by atoms with Crippen LogP contribution < -0.4 is 4.90 Å². The number of Topliss-reactive ketones (excluding diaryl/α,β-unsaturated/α-hetero) is 1. The molecular weight excluding hydrogens is 302 g/mol. The molecule has 0 aromatic heterocycles. The molecule has 4 nitrogen and oxygen atoms in total. The Morgan fingerprint density at radius 3 is 1.79 bits per heavy atom. The average molecular weight is 327 g/mol. The summed E-state index contributed by atoms with van der Waals surface area (Å²) in [5.74, 6) is -1.47. The van der Waals surface area contributed by atoms with Crippen LogP contribution in [0.2, 0.25) is 0 Å². The number of hydrogen-bond donors (Lipinski definition) is 1. The third kappa shape index (κ3) is 5.88. The normalized spacial score (nSPS) is 11.0. The number of carboxylic acid groups (broad SMARTS) is 1. The van der Waals surface area contributed by atoms with E-state index in [2.05, 4.69) is 19.1 Å². The third-order valence-corrected chi connectivity index (χ3v) is 3.58. The number of likely N-dealkylation sites (N-methyl/N-ethyl adjacent to an activating group) is 1. The minimum absolute atomic E-state index is 0.361. The topological polar surface area (TPSA) is 57.6 Å². The summed E-state index contributed by atoms with van der Waals surface area (Å²) in [5, 5.41) is 9.10. The lowest BCUT2D eigenvalue weighted by Gasteiger charge is -2.28. The molecule has 1 atom stereocenters. The van der Waals surface area contributed by atoms with Crippen LogP contribution in [0.4, 0.5) is 5.69 Å². The van der Waals surface area contributed by atoms with Crippen molar-refractivity contribution in [1.29, 1.82) is 0 Å². The van der Waals surface area contributed by atoms with E-state index in [4.69, 9.17) is 5.11 Å². The SMILES string of the molecule is CCN(c1ccc(C)cc1)C(C(C)=O)C(=O)O.Cc1ccccc1. The van der Waals surface area contributed by atoms with E-state index in [9.17, 15) is 9.59 Å². The lowest BCUT2D eigenvalue weighted by molar-refractivity contribution is -0.141. The number of carbonyl (C=O) groups excluding carboxylic acids is 1. The zero-order valence-electron chi connectivity index (χ0n) is 14.7. The minimum Gasteiger partial charge on any atom is -0.479 e. The highest BCUT2D eigenvalue weighted by molar-refractivity contribution is 6.04. The largest absolute Gasteiger partial charge is 0.479 e. The molecule has 0 spiro atoms. The number of rotatable bonds is 5. The van der Waals surface area contributed by atoms with Crippen molar-refractivity contribution in [3.05, 3.63) is 65.7 Å². The number of nitrogens with zero attached hydrogens (tertiary/aromatic N) is 1. The molecule has 0 amide bonds. The highest BCUT2D eigenvalue weighted by Gasteiger charge is 2.29. The molecule has 0 radical (unpaired) electrons. The zero-order valence-corrected chi connectivity index (χ0v) is 14.7. The van der Waals surface area contributed by atoms with Crippen LogP contribution in [0.3, 0.4) is 0 Å². The summed E-state index contributed by atoms with van der Waals surface area (Å²) < 4.78 is 0. The first-order valence-electron chi connectivity index (χ1n) is 7.95. The van der Waals surface area contributed by atoms with Crippen molar-refractivity contribution in [1.82, 2.24) is 0 Å². The molecule has 128 valence electrons. The summed E-state index contributed by atoms with van der Waals surface area (Å²) in [5.41, 5.74) is 3.17. The van der Waals surface area contributed by atoms with Gasteiger partial charge in [0.25, 0.3) is 0 Å². The van der Waals surface area contributed by atoms with Gasteiger partial charge in [-0.1, -0.05) is 53.6 Å². The molecule has 0 aliphatic rings. The summed E-state index contributed by atoms with van der Waals surface area (Å²) in [6.45, 7) is 7.65. The van der Waals surface area contributed by atoms with Gasteiger partial charge in [-0.05, 0) is 39.8 Å². The van der Waals surface area contributed by atoms with E-state index in [0.717, 1.165) is 11.3 Å². The van der Waals surface area contributed by atoms with Crippen LogP contribution in [0.5, 0.6) is 0 Å². The lowest BCUT2D eigenvalue weighted by Crippen LogP contribution is -2.46. The van der Waals surface area contributed by atoms with E-state index in [1.807, 2.05) is 56.3 Å². The number of carboxylic acids is 1. The Hall–Kier alpha value is -2.62. The number of aliphatic carboxylic acids is 1. The van der Waals surface area contributed by atoms with Crippen LogP contribution in [0.1, 0.15) is 25.0 Å². The highest BCUT2D eigenvalue weighted by atomic mass is 16.4. The van der Waals surface area contributed by atoms with Gasteiger partial charge in [0.15, 0.2) is 11.8 Å². The molecule has 0 bridgehead atoms. The van der Waals surface area contributed by atoms with Crippen LogP contribution in [0.15, 0.2) is 54.6 Å². The summed E-state index contributed by atoms with van der Waals surface area (Å²) in [7, 11) is 0. The maximum atomic E-state index is 11.4. The van der Waals surface area contributed by atoms with Crippen molar-refractivity contribution >= 4 is 17.4 Å². The van der Waals surface area contributed by atoms with Crippen molar-refractivity contribution in [3.8, 4) is 0 Å². The smallest absolute Gasteiger partial charge is 0.334 e. The molecule has 0 saturated heterocycles. The van der Waals surface area contributed by atoms with Crippen molar-refractivity contribution in [3.63, 3.8) is 0 Å². The number of carbonyl (C=O) groups is 2. The van der Waals surface area contributed by atoms with Crippen LogP contribution in [0.25, 0.3) is 0 Å². The Morgan fingerprint density at radius 1 is 0.958 bits per heavy atom. The lowest BCUT2D eigenvalue weighted by atomic mass is 10.1. The molecule has 4 heteroatoms. The predicted octanol–water partition coefficient (Wildman–Crippen LogP) is 3.86. The van der Waals surface area contributed by atoms with Crippen LogP contribution in [0, 0.1) is 13.8 Å². The van der Waals surface area contributed by atoms with Crippen LogP contribution in [-0.2, 0) is 9.59 Å². The Labute approximate surface area is 143 Å². The van der Waals surface area contributed by atoms with Crippen molar-refractivity contribution in [2.45, 2.75) is 33.7 Å². The maximum Gasteiger partial charge on any atom is 0.334 e. The molecule has 0 heterocycles. The molecule has 1 unspecified atom stereocenters. The molecule has 24 heavy (non-hydrogen) atoms. The molecular formula is C20H25NO3. The minimum atomic E-state index is -1.11. The third-order valence-electron chi connectivity index (χ3n) is 3.58. The predicted molar refractivity (Wildman–Crippen MR) is 97.5 cm³/mol. The van der Waals surface area contributed by atoms with Crippen LogP contribution in [-0.4, -0.2) is 29.4 Å². The average Bonchev–Trinajstić information content (AvgIpc) is 2.54. The first-order chi connectivity index (χ1) is 11.4. The first kappa shape index (κ1) is 19.4. The van der Waals surface area contributed by atoms with Crippen LogP contribution >= 0.6 is 0 Å². The van der Waals surface area contributed by atoms with Gasteiger partial charge < -0.3 is 10.0 Å². The van der Waals surface area contributed by atoms with E-state index in [1.165, 1.54) is 12.5 Å². The summed E-state index contributed by atoms with van der Waals surface area (Å²) >= 11 is 0. The van der Waals surface area contributed by atoms with Gasteiger partial charge in [-0.3, -0.25) is 4.79 Å². The van der Waals surface area contributed by atoms with E-state index >= 15 is 0 Å². The van der Waals surface area contributed by atoms with Gasteiger partial charge in [0, 0.05) is 12.2 Å². The summed E-state index contributed by atoms with van der Waals surface area (Å²) in [4.78, 5) is 24.1. The van der Waals surface area contributed by atoms with Gasteiger partial charge in [-0.25, -0.2) is 4.79 Å². The van der Waals surface area contributed by atoms with Gasteiger partial charge >= 0.3 is 5.97 Å². The maximum absolute atomic E-state index is 11.4. The molecule has 2 rings (SSSR count). The number of aryl methyl sites for hydroxylation is 2. The highest BCUT2D eigenvalue weighted by Crippen LogP contribution is 2.18. The Kier molecular flexibility index (Phi) is 7.69. The molecule has 0 aliphatic heterocycles. The van der Waals surface area contributed by atoms with Crippen molar-refractivity contribution in [2.24, 2.45) is 0 Å². The number of anilines is 1. The fourth-order valence-electron chi connectivity index (χ4n) is 2.31. The van der Waals surface area contributed by atoms with Gasteiger partial charge in [-0.15, -0.1) is 0 Å².